The van der Waals surface area contributed by atoms with Crippen molar-refractivity contribution in [2.24, 2.45) is 5.92 Å². The SMILES string of the molecule is CC(=O)C1C(=O)C(=O)N(Cc2cccnc2)C1c1ccc(Cl)cc1. The summed E-state index contributed by atoms with van der Waals surface area (Å²) < 4.78 is 0. The van der Waals surface area contributed by atoms with Gasteiger partial charge in [-0.05, 0) is 36.2 Å². The van der Waals surface area contributed by atoms with Crippen molar-refractivity contribution in [2.75, 3.05) is 0 Å². The minimum Gasteiger partial charge on any atom is -0.323 e. The molecule has 5 nitrogen and oxygen atoms in total. The van der Waals surface area contributed by atoms with Crippen LogP contribution in [0.25, 0.3) is 0 Å². The number of aromatic nitrogens is 1. The van der Waals surface area contributed by atoms with Gasteiger partial charge in [0.25, 0.3) is 5.91 Å². The van der Waals surface area contributed by atoms with E-state index in [2.05, 4.69) is 4.98 Å². The molecule has 1 aliphatic heterocycles. The third-order valence-corrected chi connectivity index (χ3v) is 4.38. The Labute approximate surface area is 144 Å². The van der Waals surface area contributed by atoms with E-state index in [0.717, 1.165) is 5.56 Å². The van der Waals surface area contributed by atoms with E-state index in [0.29, 0.717) is 10.6 Å². The third-order valence-electron chi connectivity index (χ3n) is 4.13. The van der Waals surface area contributed by atoms with Crippen molar-refractivity contribution in [1.82, 2.24) is 9.88 Å². The molecule has 2 heterocycles. The average molecular weight is 343 g/mol. The van der Waals surface area contributed by atoms with Crippen LogP contribution in [0.15, 0.2) is 48.8 Å². The zero-order chi connectivity index (χ0) is 17.3. The monoisotopic (exact) mass is 342 g/mol. The number of benzene rings is 1. The lowest BCUT2D eigenvalue weighted by molar-refractivity contribution is -0.142. The molecule has 0 N–H and O–H groups in total. The first-order valence-electron chi connectivity index (χ1n) is 7.48. The van der Waals surface area contributed by atoms with Crippen LogP contribution >= 0.6 is 11.6 Å². The predicted molar refractivity (Wildman–Crippen MR) is 88.2 cm³/mol. The number of likely N-dealkylation sites (tertiary alicyclic amines) is 1. The molecular formula is C18H15ClN2O3. The molecule has 6 heteroatoms. The summed E-state index contributed by atoms with van der Waals surface area (Å²) in [5.41, 5.74) is 1.50. The fourth-order valence-corrected chi connectivity index (χ4v) is 3.15. The summed E-state index contributed by atoms with van der Waals surface area (Å²) in [5, 5.41) is 0.549. The minimum atomic E-state index is -0.990. The van der Waals surface area contributed by atoms with Gasteiger partial charge in [-0.25, -0.2) is 0 Å². The van der Waals surface area contributed by atoms with Crippen molar-refractivity contribution in [3.05, 3.63) is 64.9 Å². The first-order chi connectivity index (χ1) is 11.5. The number of pyridine rings is 1. The van der Waals surface area contributed by atoms with Crippen molar-refractivity contribution in [3.63, 3.8) is 0 Å². The highest BCUT2D eigenvalue weighted by Crippen LogP contribution is 2.38. The largest absolute Gasteiger partial charge is 0.323 e. The topological polar surface area (TPSA) is 67.3 Å². The molecule has 2 atom stereocenters. The number of amides is 1. The van der Waals surface area contributed by atoms with Crippen molar-refractivity contribution >= 4 is 29.1 Å². The van der Waals surface area contributed by atoms with E-state index >= 15 is 0 Å². The Bertz CT molecular complexity index is 790. The average Bonchev–Trinajstić information content (AvgIpc) is 2.82. The van der Waals surface area contributed by atoms with Gasteiger partial charge in [0.15, 0.2) is 0 Å². The van der Waals surface area contributed by atoms with Gasteiger partial charge in [0, 0.05) is 24.0 Å². The van der Waals surface area contributed by atoms with Crippen molar-refractivity contribution < 1.29 is 14.4 Å². The molecule has 0 radical (unpaired) electrons. The number of nitrogens with zero attached hydrogens (tertiary/aromatic N) is 2. The number of ketones is 2. The van der Waals surface area contributed by atoms with Crippen LogP contribution in [-0.4, -0.2) is 27.4 Å². The Morgan fingerprint density at radius 3 is 2.50 bits per heavy atom. The number of carbonyl (C=O) groups excluding carboxylic acids is 3. The maximum Gasteiger partial charge on any atom is 0.291 e. The second-order valence-corrected chi connectivity index (χ2v) is 6.18. The quantitative estimate of drug-likeness (QED) is 0.632. The van der Waals surface area contributed by atoms with E-state index in [1.807, 2.05) is 6.07 Å². The highest BCUT2D eigenvalue weighted by Gasteiger charge is 2.50. The van der Waals surface area contributed by atoms with Gasteiger partial charge in [-0.2, -0.15) is 0 Å². The van der Waals surface area contributed by atoms with E-state index in [-0.39, 0.29) is 12.3 Å². The van der Waals surface area contributed by atoms with E-state index in [1.165, 1.54) is 11.8 Å². The molecule has 2 aromatic rings. The van der Waals surface area contributed by atoms with Gasteiger partial charge in [0.05, 0.1) is 6.04 Å². The van der Waals surface area contributed by atoms with Gasteiger partial charge in [-0.1, -0.05) is 29.8 Å². The Balaban J connectivity index is 2.03. The first kappa shape index (κ1) is 16.3. The zero-order valence-electron chi connectivity index (χ0n) is 13.0. The van der Waals surface area contributed by atoms with Gasteiger partial charge < -0.3 is 4.90 Å². The van der Waals surface area contributed by atoms with Crippen LogP contribution in [0.2, 0.25) is 5.02 Å². The molecule has 1 fully saturated rings. The molecule has 0 spiro atoms. The Hall–Kier alpha value is -2.53. The summed E-state index contributed by atoms with van der Waals surface area (Å²) in [7, 11) is 0. The van der Waals surface area contributed by atoms with E-state index in [9.17, 15) is 14.4 Å². The summed E-state index contributed by atoms with van der Waals surface area (Å²) in [6, 6.07) is 9.81. The lowest BCUT2D eigenvalue weighted by Crippen LogP contribution is -2.30. The standard InChI is InChI=1S/C18H15ClN2O3/c1-11(22)15-16(13-4-6-14(19)7-5-13)21(18(24)17(15)23)10-12-3-2-8-20-9-12/h2-9,15-16H,10H2,1H3. The molecule has 1 aromatic carbocycles. The number of halogens is 1. The zero-order valence-corrected chi connectivity index (χ0v) is 13.7. The normalized spacial score (nSPS) is 20.5. The maximum absolute atomic E-state index is 12.5. The number of carbonyl (C=O) groups is 3. The molecule has 1 saturated heterocycles. The Morgan fingerprint density at radius 1 is 1.21 bits per heavy atom. The maximum atomic E-state index is 12.5. The van der Waals surface area contributed by atoms with Crippen LogP contribution in [0.1, 0.15) is 24.1 Å². The molecule has 1 aromatic heterocycles. The highest BCUT2D eigenvalue weighted by atomic mass is 35.5. The van der Waals surface area contributed by atoms with Gasteiger partial charge in [0.2, 0.25) is 5.78 Å². The Kier molecular flexibility index (Phi) is 4.44. The molecule has 3 rings (SSSR count). The fraction of sp³-hybridized carbons (Fsp3) is 0.222. The van der Waals surface area contributed by atoms with Crippen molar-refractivity contribution in [3.8, 4) is 0 Å². The molecule has 2 unspecified atom stereocenters. The van der Waals surface area contributed by atoms with Gasteiger partial charge in [-0.15, -0.1) is 0 Å². The molecule has 122 valence electrons. The molecular weight excluding hydrogens is 328 g/mol. The molecule has 0 bridgehead atoms. The molecule has 0 saturated carbocycles. The number of rotatable bonds is 4. The van der Waals surface area contributed by atoms with Crippen LogP contribution in [0.4, 0.5) is 0 Å². The second-order valence-electron chi connectivity index (χ2n) is 5.74. The van der Waals surface area contributed by atoms with E-state index in [1.54, 1.807) is 42.7 Å². The molecule has 1 amide bonds. The van der Waals surface area contributed by atoms with Crippen LogP contribution in [0.3, 0.4) is 0 Å². The first-order valence-corrected chi connectivity index (χ1v) is 7.86. The summed E-state index contributed by atoms with van der Waals surface area (Å²) in [5.74, 6) is -2.61. The smallest absolute Gasteiger partial charge is 0.291 e. The summed E-state index contributed by atoms with van der Waals surface area (Å²) >= 11 is 5.92. The van der Waals surface area contributed by atoms with Crippen LogP contribution < -0.4 is 0 Å². The van der Waals surface area contributed by atoms with Crippen molar-refractivity contribution in [2.45, 2.75) is 19.5 Å². The fourth-order valence-electron chi connectivity index (χ4n) is 3.02. The summed E-state index contributed by atoms with van der Waals surface area (Å²) in [4.78, 5) is 42.3. The summed E-state index contributed by atoms with van der Waals surface area (Å²) in [6.45, 7) is 1.56. The number of hydrogen-bond acceptors (Lipinski definition) is 4. The van der Waals surface area contributed by atoms with Crippen molar-refractivity contribution in [1.29, 1.82) is 0 Å². The van der Waals surface area contributed by atoms with Gasteiger partial charge in [-0.3, -0.25) is 19.4 Å². The third kappa shape index (κ3) is 2.95. The lowest BCUT2D eigenvalue weighted by atomic mass is 9.90. The number of hydrogen-bond donors (Lipinski definition) is 0. The van der Waals surface area contributed by atoms with Crippen LogP contribution in [0, 0.1) is 5.92 Å². The van der Waals surface area contributed by atoms with E-state index < -0.39 is 23.7 Å². The summed E-state index contributed by atoms with van der Waals surface area (Å²) in [6.07, 6.45) is 3.27. The lowest BCUT2D eigenvalue weighted by Gasteiger charge is -2.26. The number of Topliss-reactive ketones (excluding diaryl/α,β-unsaturated/α-hetero) is 2. The van der Waals surface area contributed by atoms with Gasteiger partial charge >= 0.3 is 0 Å². The van der Waals surface area contributed by atoms with Crippen LogP contribution in [-0.2, 0) is 20.9 Å². The Morgan fingerprint density at radius 2 is 1.92 bits per heavy atom. The predicted octanol–water partition coefficient (Wildman–Crippen LogP) is 2.59. The van der Waals surface area contributed by atoms with Gasteiger partial charge in [0.1, 0.15) is 11.7 Å². The highest BCUT2D eigenvalue weighted by molar-refractivity contribution is 6.42. The van der Waals surface area contributed by atoms with E-state index in [4.69, 9.17) is 11.6 Å². The second kappa shape index (κ2) is 6.53. The van der Waals surface area contributed by atoms with Crippen LogP contribution in [0.5, 0.6) is 0 Å². The molecule has 1 aliphatic rings. The minimum absolute atomic E-state index is 0.218. The molecule has 0 aliphatic carbocycles. The molecule has 24 heavy (non-hydrogen) atoms.